The van der Waals surface area contributed by atoms with E-state index in [0.29, 0.717) is 24.4 Å². The smallest absolute Gasteiger partial charge is 0.414 e. The van der Waals surface area contributed by atoms with Crippen LogP contribution in [0.2, 0.25) is 0 Å². The van der Waals surface area contributed by atoms with Crippen molar-refractivity contribution in [2.75, 3.05) is 31.1 Å². The number of nitrogens with one attached hydrogen (secondary N) is 1. The second-order valence-corrected chi connectivity index (χ2v) is 8.79. The van der Waals surface area contributed by atoms with E-state index in [9.17, 15) is 22.4 Å². The molecule has 31 heavy (non-hydrogen) atoms. The molecule has 2 amide bonds. The molecular formula is C21H24FN3O5S. The van der Waals surface area contributed by atoms with Gasteiger partial charge in [0.1, 0.15) is 12.4 Å². The zero-order chi connectivity index (χ0) is 22.6. The summed E-state index contributed by atoms with van der Waals surface area (Å²) >= 11 is 0. The van der Waals surface area contributed by atoms with Crippen LogP contribution in [0.25, 0.3) is 0 Å². The maximum absolute atomic E-state index is 14.3. The second kappa shape index (κ2) is 9.44. The quantitative estimate of drug-likeness (QED) is 0.669. The van der Waals surface area contributed by atoms with Gasteiger partial charge in [0.2, 0.25) is 10.0 Å². The van der Waals surface area contributed by atoms with Crippen LogP contribution in [0, 0.1) is 5.82 Å². The molecule has 1 aliphatic rings. The standard InChI is InChI=1S/C21H24FN3O5S/c1-3-24(4-2)31(28,29)17-8-9-19(22)18(13-17)20(26)23-14-15-6-5-7-16(12-15)25-10-11-30-21(25)27/h5-9,12-13H,3-4,10-11,14H2,1-2H3,(H,23,26). The Labute approximate surface area is 180 Å². The SMILES string of the molecule is CCN(CC)S(=O)(=O)c1ccc(F)c(C(=O)NCc2cccc(N3CCOC3=O)c2)c1. The Morgan fingerprint density at radius 3 is 2.58 bits per heavy atom. The maximum atomic E-state index is 14.3. The first-order valence-electron chi connectivity index (χ1n) is 9.89. The van der Waals surface area contributed by atoms with Gasteiger partial charge in [0.15, 0.2) is 0 Å². The van der Waals surface area contributed by atoms with Gasteiger partial charge in [-0.1, -0.05) is 26.0 Å². The van der Waals surface area contributed by atoms with Crippen LogP contribution in [-0.2, 0) is 21.3 Å². The minimum atomic E-state index is -3.82. The van der Waals surface area contributed by atoms with Gasteiger partial charge in [-0.2, -0.15) is 4.31 Å². The third kappa shape index (κ3) is 4.86. The highest BCUT2D eigenvalue weighted by Gasteiger charge is 2.25. The van der Waals surface area contributed by atoms with Crippen molar-refractivity contribution in [3.8, 4) is 0 Å². The average molecular weight is 450 g/mol. The number of amides is 2. The van der Waals surface area contributed by atoms with Gasteiger partial charge in [-0.25, -0.2) is 17.6 Å². The molecule has 0 spiro atoms. The van der Waals surface area contributed by atoms with E-state index in [1.54, 1.807) is 38.1 Å². The molecule has 0 atom stereocenters. The van der Waals surface area contributed by atoms with Crippen LogP contribution in [0.4, 0.5) is 14.9 Å². The van der Waals surface area contributed by atoms with Crippen molar-refractivity contribution in [2.24, 2.45) is 0 Å². The predicted octanol–water partition coefficient (Wildman–Crippen LogP) is 2.74. The predicted molar refractivity (Wildman–Crippen MR) is 113 cm³/mol. The van der Waals surface area contributed by atoms with Gasteiger partial charge in [-0.3, -0.25) is 9.69 Å². The number of halogens is 1. The van der Waals surface area contributed by atoms with Crippen LogP contribution >= 0.6 is 0 Å². The molecule has 1 fully saturated rings. The zero-order valence-corrected chi connectivity index (χ0v) is 18.1. The highest BCUT2D eigenvalue weighted by molar-refractivity contribution is 7.89. The lowest BCUT2D eigenvalue weighted by Crippen LogP contribution is -2.31. The lowest BCUT2D eigenvalue weighted by atomic mass is 10.1. The molecular weight excluding hydrogens is 425 g/mol. The Hall–Kier alpha value is -2.98. The van der Waals surface area contributed by atoms with E-state index in [2.05, 4.69) is 5.32 Å². The molecule has 1 saturated heterocycles. The van der Waals surface area contributed by atoms with E-state index in [1.165, 1.54) is 9.21 Å². The van der Waals surface area contributed by atoms with E-state index in [1.807, 2.05) is 0 Å². The normalized spacial score (nSPS) is 14.1. The van der Waals surface area contributed by atoms with E-state index in [0.717, 1.165) is 18.2 Å². The molecule has 1 aliphatic heterocycles. The molecule has 3 rings (SSSR count). The number of nitrogens with zero attached hydrogens (tertiary/aromatic N) is 2. The zero-order valence-electron chi connectivity index (χ0n) is 17.3. The molecule has 0 aromatic heterocycles. The minimum Gasteiger partial charge on any atom is -0.447 e. The first kappa shape index (κ1) is 22.7. The third-order valence-corrected chi connectivity index (χ3v) is 7.01. The number of benzene rings is 2. The summed E-state index contributed by atoms with van der Waals surface area (Å²) in [5, 5.41) is 2.60. The summed E-state index contributed by atoms with van der Waals surface area (Å²) in [4.78, 5) is 25.6. The van der Waals surface area contributed by atoms with Gasteiger partial charge >= 0.3 is 6.09 Å². The summed E-state index contributed by atoms with van der Waals surface area (Å²) in [5.41, 5.74) is 0.970. The molecule has 0 bridgehead atoms. The molecule has 0 aliphatic carbocycles. The Balaban J connectivity index is 1.76. The van der Waals surface area contributed by atoms with Crippen LogP contribution in [0.1, 0.15) is 29.8 Å². The summed E-state index contributed by atoms with van der Waals surface area (Å²) in [7, 11) is -3.82. The van der Waals surface area contributed by atoms with Crippen LogP contribution in [0.3, 0.4) is 0 Å². The largest absolute Gasteiger partial charge is 0.447 e. The number of hydrogen-bond acceptors (Lipinski definition) is 5. The van der Waals surface area contributed by atoms with Crippen molar-refractivity contribution in [3.05, 3.63) is 59.4 Å². The molecule has 1 heterocycles. The van der Waals surface area contributed by atoms with Gasteiger partial charge in [0, 0.05) is 25.3 Å². The van der Waals surface area contributed by atoms with Crippen molar-refractivity contribution in [1.82, 2.24) is 9.62 Å². The van der Waals surface area contributed by atoms with Crippen molar-refractivity contribution in [2.45, 2.75) is 25.3 Å². The lowest BCUT2D eigenvalue weighted by Gasteiger charge is -2.19. The molecule has 166 valence electrons. The maximum Gasteiger partial charge on any atom is 0.414 e. The molecule has 2 aromatic carbocycles. The second-order valence-electron chi connectivity index (χ2n) is 6.85. The molecule has 0 radical (unpaired) electrons. The van der Waals surface area contributed by atoms with Gasteiger partial charge < -0.3 is 10.1 Å². The summed E-state index contributed by atoms with van der Waals surface area (Å²) in [6, 6.07) is 10.1. The fourth-order valence-electron chi connectivity index (χ4n) is 3.29. The van der Waals surface area contributed by atoms with Gasteiger partial charge in [0.25, 0.3) is 5.91 Å². The van der Waals surface area contributed by atoms with Crippen LogP contribution in [-0.4, -0.2) is 51.0 Å². The van der Waals surface area contributed by atoms with Crippen molar-refractivity contribution < 1.29 is 27.1 Å². The monoisotopic (exact) mass is 449 g/mol. The van der Waals surface area contributed by atoms with Gasteiger partial charge in [-0.15, -0.1) is 0 Å². The molecule has 8 nitrogen and oxygen atoms in total. The van der Waals surface area contributed by atoms with Crippen LogP contribution in [0.5, 0.6) is 0 Å². The van der Waals surface area contributed by atoms with Gasteiger partial charge in [0.05, 0.1) is 17.0 Å². The topological polar surface area (TPSA) is 96.0 Å². The van der Waals surface area contributed by atoms with Crippen molar-refractivity contribution >= 4 is 27.7 Å². The number of ether oxygens (including phenoxy) is 1. The molecule has 1 N–H and O–H groups in total. The highest BCUT2D eigenvalue weighted by Crippen LogP contribution is 2.21. The number of carbonyl (C=O) groups excluding carboxylic acids is 2. The summed E-state index contributed by atoms with van der Waals surface area (Å²) in [5.74, 6) is -1.55. The number of rotatable bonds is 8. The molecule has 0 saturated carbocycles. The first-order chi connectivity index (χ1) is 14.8. The number of hydrogen-bond donors (Lipinski definition) is 1. The highest BCUT2D eigenvalue weighted by atomic mass is 32.2. The average Bonchev–Trinajstić information content (AvgIpc) is 3.19. The van der Waals surface area contributed by atoms with E-state index < -0.39 is 27.8 Å². The van der Waals surface area contributed by atoms with E-state index in [4.69, 9.17) is 4.74 Å². The number of anilines is 1. The summed E-state index contributed by atoms with van der Waals surface area (Å²) < 4.78 is 45.8. The first-order valence-corrected chi connectivity index (χ1v) is 11.3. The van der Waals surface area contributed by atoms with E-state index in [-0.39, 0.29) is 30.1 Å². The Morgan fingerprint density at radius 1 is 1.19 bits per heavy atom. The van der Waals surface area contributed by atoms with Crippen LogP contribution in [0.15, 0.2) is 47.4 Å². The number of sulfonamides is 1. The van der Waals surface area contributed by atoms with E-state index >= 15 is 0 Å². The Morgan fingerprint density at radius 2 is 1.94 bits per heavy atom. The van der Waals surface area contributed by atoms with Crippen molar-refractivity contribution in [1.29, 1.82) is 0 Å². The number of carbonyl (C=O) groups is 2. The third-order valence-electron chi connectivity index (χ3n) is 4.96. The Kier molecular flexibility index (Phi) is 6.91. The molecule has 2 aromatic rings. The summed E-state index contributed by atoms with van der Waals surface area (Å²) in [6.07, 6.45) is -0.436. The fourth-order valence-corrected chi connectivity index (χ4v) is 4.78. The van der Waals surface area contributed by atoms with Crippen LogP contribution < -0.4 is 10.2 Å². The fraction of sp³-hybridized carbons (Fsp3) is 0.333. The number of cyclic esters (lactones) is 1. The van der Waals surface area contributed by atoms with Gasteiger partial charge in [-0.05, 0) is 35.9 Å². The Bertz CT molecular complexity index is 1090. The molecule has 0 unspecified atom stereocenters. The minimum absolute atomic E-state index is 0.0715. The lowest BCUT2D eigenvalue weighted by molar-refractivity contribution is 0.0946. The van der Waals surface area contributed by atoms with Crippen molar-refractivity contribution in [3.63, 3.8) is 0 Å². The molecule has 10 heteroatoms. The summed E-state index contributed by atoms with van der Waals surface area (Å²) in [6.45, 7) is 4.75.